The summed E-state index contributed by atoms with van der Waals surface area (Å²) in [5.74, 6) is -0.617. The Labute approximate surface area is 128 Å². The SMILES string of the molecule is CC(C)[C@@H](NC(=O)C[C@H](C)c1ccccc1Br)C(N)=O. The molecule has 1 aromatic rings. The van der Waals surface area contributed by atoms with Crippen molar-refractivity contribution in [3.63, 3.8) is 0 Å². The van der Waals surface area contributed by atoms with Crippen molar-refractivity contribution in [3.8, 4) is 0 Å². The molecule has 0 aromatic heterocycles. The normalized spacial score (nSPS) is 13.8. The van der Waals surface area contributed by atoms with Crippen molar-refractivity contribution in [1.82, 2.24) is 5.32 Å². The van der Waals surface area contributed by atoms with Crippen molar-refractivity contribution < 1.29 is 9.59 Å². The fourth-order valence-corrected chi connectivity index (χ4v) is 2.74. The number of halogens is 1. The molecule has 0 saturated heterocycles. The van der Waals surface area contributed by atoms with Crippen molar-refractivity contribution in [1.29, 1.82) is 0 Å². The van der Waals surface area contributed by atoms with Crippen LogP contribution in [0.25, 0.3) is 0 Å². The molecule has 0 bridgehead atoms. The van der Waals surface area contributed by atoms with Crippen LogP contribution in [0, 0.1) is 5.92 Å². The van der Waals surface area contributed by atoms with Crippen molar-refractivity contribution in [2.75, 3.05) is 0 Å². The average Bonchev–Trinajstić information content (AvgIpc) is 2.35. The lowest BCUT2D eigenvalue weighted by atomic mass is 9.96. The lowest BCUT2D eigenvalue weighted by molar-refractivity contribution is -0.128. The van der Waals surface area contributed by atoms with Gasteiger partial charge in [0.15, 0.2) is 0 Å². The van der Waals surface area contributed by atoms with Crippen molar-refractivity contribution in [2.24, 2.45) is 11.7 Å². The first-order valence-electron chi connectivity index (χ1n) is 6.66. The van der Waals surface area contributed by atoms with Gasteiger partial charge in [0.05, 0.1) is 0 Å². The monoisotopic (exact) mass is 340 g/mol. The van der Waals surface area contributed by atoms with Gasteiger partial charge in [0.25, 0.3) is 0 Å². The second kappa shape index (κ2) is 7.43. The second-order valence-corrected chi connectivity index (χ2v) is 6.17. The molecular weight excluding hydrogens is 320 g/mol. The minimum Gasteiger partial charge on any atom is -0.368 e. The molecule has 0 aliphatic heterocycles. The molecule has 2 atom stereocenters. The van der Waals surface area contributed by atoms with Gasteiger partial charge in [0.1, 0.15) is 6.04 Å². The van der Waals surface area contributed by atoms with Crippen molar-refractivity contribution >= 4 is 27.7 Å². The molecule has 110 valence electrons. The van der Waals surface area contributed by atoms with Crippen LogP contribution in [0.4, 0.5) is 0 Å². The third-order valence-corrected chi connectivity index (χ3v) is 3.94. The molecule has 0 saturated carbocycles. The highest BCUT2D eigenvalue weighted by molar-refractivity contribution is 9.10. The Hall–Kier alpha value is -1.36. The number of carbonyl (C=O) groups is 2. The third-order valence-electron chi connectivity index (χ3n) is 3.22. The van der Waals surface area contributed by atoms with Crippen LogP contribution in [0.3, 0.4) is 0 Å². The summed E-state index contributed by atoms with van der Waals surface area (Å²) in [5, 5.41) is 2.71. The van der Waals surface area contributed by atoms with Crippen LogP contribution in [0.15, 0.2) is 28.7 Å². The summed E-state index contributed by atoms with van der Waals surface area (Å²) >= 11 is 3.48. The van der Waals surface area contributed by atoms with E-state index in [0.29, 0.717) is 6.42 Å². The number of hydrogen-bond acceptors (Lipinski definition) is 2. The van der Waals surface area contributed by atoms with Gasteiger partial charge in [-0.25, -0.2) is 0 Å². The lowest BCUT2D eigenvalue weighted by Crippen LogP contribution is -2.47. The van der Waals surface area contributed by atoms with Crippen LogP contribution in [-0.4, -0.2) is 17.9 Å². The van der Waals surface area contributed by atoms with Crippen LogP contribution in [0.2, 0.25) is 0 Å². The minimum atomic E-state index is -0.617. The van der Waals surface area contributed by atoms with Crippen LogP contribution < -0.4 is 11.1 Å². The summed E-state index contributed by atoms with van der Waals surface area (Å²) in [6.07, 6.45) is 0.319. The van der Waals surface area contributed by atoms with Crippen molar-refractivity contribution in [2.45, 2.75) is 39.2 Å². The van der Waals surface area contributed by atoms with Crippen LogP contribution in [-0.2, 0) is 9.59 Å². The summed E-state index contributed by atoms with van der Waals surface area (Å²) in [6.45, 7) is 5.69. The molecule has 2 amide bonds. The van der Waals surface area contributed by atoms with Gasteiger partial charge in [0, 0.05) is 10.9 Å². The Bertz CT molecular complexity index is 489. The number of hydrogen-bond donors (Lipinski definition) is 2. The fraction of sp³-hybridized carbons (Fsp3) is 0.467. The molecular formula is C15H21BrN2O2. The Morgan fingerprint density at radius 3 is 2.35 bits per heavy atom. The molecule has 1 rings (SSSR count). The maximum Gasteiger partial charge on any atom is 0.240 e. The Kier molecular flexibility index (Phi) is 6.20. The molecule has 0 spiro atoms. The number of carbonyl (C=O) groups excluding carboxylic acids is 2. The van der Waals surface area contributed by atoms with Gasteiger partial charge in [-0.3, -0.25) is 9.59 Å². The molecule has 0 fully saturated rings. The Balaban J connectivity index is 2.67. The molecule has 0 heterocycles. The van der Waals surface area contributed by atoms with Crippen LogP contribution in [0.1, 0.15) is 38.7 Å². The predicted octanol–water partition coefficient (Wildman–Crippen LogP) is 2.57. The van der Waals surface area contributed by atoms with E-state index < -0.39 is 11.9 Å². The molecule has 4 nitrogen and oxygen atoms in total. The number of nitrogens with two attached hydrogens (primary N) is 1. The minimum absolute atomic E-state index is 0.0183. The van der Waals surface area contributed by atoms with E-state index in [-0.39, 0.29) is 17.7 Å². The largest absolute Gasteiger partial charge is 0.368 e. The van der Waals surface area contributed by atoms with E-state index in [1.807, 2.05) is 45.0 Å². The van der Waals surface area contributed by atoms with E-state index in [2.05, 4.69) is 21.2 Å². The van der Waals surface area contributed by atoms with Crippen LogP contribution in [0.5, 0.6) is 0 Å². The van der Waals surface area contributed by atoms with Gasteiger partial charge in [-0.1, -0.05) is 54.9 Å². The van der Waals surface area contributed by atoms with Crippen molar-refractivity contribution in [3.05, 3.63) is 34.3 Å². The van der Waals surface area contributed by atoms with Crippen LogP contribution >= 0.6 is 15.9 Å². The zero-order chi connectivity index (χ0) is 15.3. The summed E-state index contributed by atoms with van der Waals surface area (Å²) < 4.78 is 0.982. The summed E-state index contributed by atoms with van der Waals surface area (Å²) in [4.78, 5) is 23.3. The number of nitrogens with one attached hydrogen (secondary N) is 1. The predicted molar refractivity (Wildman–Crippen MR) is 83.1 cm³/mol. The second-order valence-electron chi connectivity index (χ2n) is 5.32. The smallest absolute Gasteiger partial charge is 0.240 e. The van der Waals surface area contributed by atoms with Gasteiger partial charge in [-0.15, -0.1) is 0 Å². The molecule has 0 aliphatic rings. The van der Waals surface area contributed by atoms with E-state index in [0.717, 1.165) is 10.0 Å². The number of benzene rings is 1. The van der Waals surface area contributed by atoms with E-state index in [9.17, 15) is 9.59 Å². The highest BCUT2D eigenvalue weighted by Crippen LogP contribution is 2.26. The number of primary amides is 1. The Morgan fingerprint density at radius 1 is 1.25 bits per heavy atom. The first kappa shape index (κ1) is 16.7. The zero-order valence-corrected chi connectivity index (χ0v) is 13.6. The maximum atomic E-state index is 12.0. The molecule has 0 radical (unpaired) electrons. The molecule has 0 aliphatic carbocycles. The molecule has 3 N–H and O–H groups in total. The fourth-order valence-electron chi connectivity index (χ4n) is 2.06. The van der Waals surface area contributed by atoms with Gasteiger partial charge < -0.3 is 11.1 Å². The highest BCUT2D eigenvalue weighted by atomic mass is 79.9. The van der Waals surface area contributed by atoms with Gasteiger partial charge in [0.2, 0.25) is 11.8 Å². The van der Waals surface area contributed by atoms with E-state index >= 15 is 0 Å². The molecule has 0 unspecified atom stereocenters. The Morgan fingerprint density at radius 2 is 1.85 bits per heavy atom. The van der Waals surface area contributed by atoms with E-state index in [1.54, 1.807) is 0 Å². The summed E-state index contributed by atoms with van der Waals surface area (Å²) in [5.41, 5.74) is 6.36. The van der Waals surface area contributed by atoms with Gasteiger partial charge in [-0.05, 0) is 23.5 Å². The average molecular weight is 341 g/mol. The maximum absolute atomic E-state index is 12.0. The van der Waals surface area contributed by atoms with E-state index in [1.165, 1.54) is 0 Å². The van der Waals surface area contributed by atoms with E-state index in [4.69, 9.17) is 5.73 Å². The van der Waals surface area contributed by atoms with Gasteiger partial charge in [-0.2, -0.15) is 0 Å². The van der Waals surface area contributed by atoms with Gasteiger partial charge >= 0.3 is 0 Å². The quantitative estimate of drug-likeness (QED) is 0.835. The zero-order valence-electron chi connectivity index (χ0n) is 12.0. The summed E-state index contributed by atoms with van der Waals surface area (Å²) in [7, 11) is 0. The molecule has 5 heteroatoms. The molecule has 20 heavy (non-hydrogen) atoms. The highest BCUT2D eigenvalue weighted by Gasteiger charge is 2.23. The summed E-state index contributed by atoms with van der Waals surface area (Å²) in [6, 6.07) is 7.19. The number of rotatable bonds is 6. The lowest BCUT2D eigenvalue weighted by Gasteiger charge is -2.20. The first-order chi connectivity index (χ1) is 9.32. The standard InChI is InChI=1S/C15H21BrN2O2/c1-9(2)14(15(17)20)18-13(19)8-10(3)11-6-4-5-7-12(11)16/h4-7,9-10,14H,8H2,1-3H3,(H2,17,20)(H,18,19)/t10-,14+/m0/s1. The number of amides is 2. The molecule has 1 aromatic carbocycles. The third kappa shape index (κ3) is 4.63. The first-order valence-corrected chi connectivity index (χ1v) is 7.45. The topological polar surface area (TPSA) is 72.2 Å².